The number of ether oxygens (including phenoxy) is 1. The quantitative estimate of drug-likeness (QED) is 0.608. The number of aryl methyl sites for hydroxylation is 1. The monoisotopic (exact) mass is 344 g/mol. The second-order valence-electron chi connectivity index (χ2n) is 5.76. The van der Waals surface area contributed by atoms with E-state index in [4.69, 9.17) is 4.74 Å². The number of nitrogens with one attached hydrogen (secondary N) is 2. The van der Waals surface area contributed by atoms with Crippen LogP contribution >= 0.6 is 0 Å². The van der Waals surface area contributed by atoms with Gasteiger partial charge in [0.1, 0.15) is 11.2 Å². The molecule has 3 aromatic heterocycles. The minimum absolute atomic E-state index is 0.0261. The number of hydrogen-bond donors (Lipinski definition) is 2. The van der Waals surface area contributed by atoms with Crippen LogP contribution in [0.15, 0.2) is 11.0 Å². The van der Waals surface area contributed by atoms with Crippen LogP contribution < -0.4 is 10.5 Å². The Morgan fingerprint density at radius 2 is 2.20 bits per heavy atom. The number of carbonyl (C=O) groups excluding carboxylic acids is 1. The van der Waals surface area contributed by atoms with Crippen LogP contribution in [0.5, 0.6) is 0 Å². The van der Waals surface area contributed by atoms with Gasteiger partial charge in [0.25, 0.3) is 11.4 Å². The lowest BCUT2D eigenvalue weighted by Gasteiger charge is -2.38. The lowest BCUT2D eigenvalue weighted by molar-refractivity contribution is 0.0512. The minimum atomic E-state index is -0.547. The summed E-state index contributed by atoms with van der Waals surface area (Å²) in [7, 11) is 1.74. The maximum absolute atomic E-state index is 12.1. The van der Waals surface area contributed by atoms with Crippen LogP contribution in [0, 0.1) is 0 Å². The van der Waals surface area contributed by atoms with Crippen LogP contribution in [0.2, 0.25) is 0 Å². The summed E-state index contributed by atoms with van der Waals surface area (Å²) in [6.45, 7) is 3.20. The minimum Gasteiger partial charge on any atom is -0.460 e. The number of fused-ring (bicyclic) bond motifs is 1. The van der Waals surface area contributed by atoms with Crippen molar-refractivity contribution in [3.05, 3.63) is 28.2 Å². The Balaban J connectivity index is 1.50. The molecule has 0 amide bonds. The zero-order chi connectivity index (χ0) is 17.6. The summed E-state index contributed by atoms with van der Waals surface area (Å²) < 4.78 is 6.43. The summed E-state index contributed by atoms with van der Waals surface area (Å²) in [6, 6.07) is 0. The van der Waals surface area contributed by atoms with Gasteiger partial charge in [-0.15, -0.1) is 5.10 Å². The van der Waals surface area contributed by atoms with E-state index in [2.05, 4.69) is 30.2 Å². The number of rotatable bonds is 4. The van der Waals surface area contributed by atoms with Gasteiger partial charge in [0.05, 0.1) is 18.7 Å². The third-order valence-corrected chi connectivity index (χ3v) is 4.12. The molecule has 2 N–H and O–H groups in total. The van der Waals surface area contributed by atoms with Gasteiger partial charge in [0, 0.05) is 20.1 Å². The van der Waals surface area contributed by atoms with E-state index >= 15 is 0 Å². The predicted molar refractivity (Wildman–Crippen MR) is 86.4 cm³/mol. The number of nitrogens with zero attached hydrogens (tertiary/aromatic N) is 6. The maximum atomic E-state index is 12.1. The Hall–Kier alpha value is -3.24. The van der Waals surface area contributed by atoms with E-state index in [1.165, 1.54) is 6.20 Å². The third-order valence-electron chi connectivity index (χ3n) is 4.12. The SMILES string of the molecule is CCOC(=O)c1n[nH]c(C2CN(c3nc4c(cnn4C)c(=O)[nH]3)C2)n1. The Morgan fingerprint density at radius 3 is 2.96 bits per heavy atom. The fourth-order valence-corrected chi connectivity index (χ4v) is 2.74. The van der Waals surface area contributed by atoms with E-state index in [0.29, 0.717) is 35.9 Å². The highest BCUT2D eigenvalue weighted by atomic mass is 16.5. The van der Waals surface area contributed by atoms with Crippen LogP contribution in [0.1, 0.15) is 29.3 Å². The zero-order valence-corrected chi connectivity index (χ0v) is 13.7. The first-order chi connectivity index (χ1) is 12.1. The predicted octanol–water partition coefficient (Wildman–Crippen LogP) is -0.445. The summed E-state index contributed by atoms with van der Waals surface area (Å²) >= 11 is 0. The fourth-order valence-electron chi connectivity index (χ4n) is 2.74. The molecule has 1 fully saturated rings. The Kier molecular flexibility index (Phi) is 3.48. The Morgan fingerprint density at radius 1 is 1.40 bits per heavy atom. The lowest BCUT2D eigenvalue weighted by atomic mass is 10.0. The summed E-state index contributed by atoms with van der Waals surface area (Å²) in [5.74, 6) is 0.654. The molecule has 0 saturated carbocycles. The molecule has 0 spiro atoms. The van der Waals surface area contributed by atoms with E-state index < -0.39 is 5.97 Å². The van der Waals surface area contributed by atoms with Crippen LogP contribution in [-0.4, -0.2) is 60.6 Å². The number of aromatic amines is 2. The standard InChI is InChI=1S/C14H16N8O3/c1-3-25-13(24)10-16-9(19-20-10)7-5-22(6-7)14-17-11-8(12(23)18-14)4-15-21(11)2/h4,7H,3,5-6H2,1-2H3,(H,16,19,20)(H,17,18,23). The van der Waals surface area contributed by atoms with Crippen molar-refractivity contribution < 1.29 is 9.53 Å². The molecule has 11 nitrogen and oxygen atoms in total. The molecule has 0 bridgehead atoms. The average Bonchev–Trinajstić information content (AvgIpc) is 3.15. The summed E-state index contributed by atoms with van der Waals surface area (Å²) in [5, 5.41) is 11.2. The number of aromatic nitrogens is 7. The molecule has 4 heterocycles. The molecule has 25 heavy (non-hydrogen) atoms. The van der Waals surface area contributed by atoms with Crippen molar-refractivity contribution >= 4 is 23.0 Å². The van der Waals surface area contributed by atoms with Crippen molar-refractivity contribution in [2.24, 2.45) is 7.05 Å². The number of H-pyrrole nitrogens is 2. The van der Waals surface area contributed by atoms with E-state index in [1.807, 2.05) is 4.90 Å². The molecule has 1 saturated heterocycles. The number of anilines is 1. The first-order valence-corrected chi connectivity index (χ1v) is 7.83. The van der Waals surface area contributed by atoms with Gasteiger partial charge in [0.15, 0.2) is 5.65 Å². The molecule has 11 heteroatoms. The zero-order valence-electron chi connectivity index (χ0n) is 13.7. The van der Waals surface area contributed by atoms with Gasteiger partial charge < -0.3 is 9.64 Å². The molecule has 0 aromatic carbocycles. The van der Waals surface area contributed by atoms with Gasteiger partial charge >= 0.3 is 5.97 Å². The summed E-state index contributed by atoms with van der Waals surface area (Å²) in [6.07, 6.45) is 1.50. The van der Waals surface area contributed by atoms with Gasteiger partial charge in [-0.25, -0.2) is 9.78 Å². The average molecular weight is 344 g/mol. The lowest BCUT2D eigenvalue weighted by Crippen LogP contribution is -2.47. The molecule has 0 radical (unpaired) electrons. The highest BCUT2D eigenvalue weighted by molar-refractivity contribution is 5.85. The molecule has 3 aromatic rings. The highest BCUT2D eigenvalue weighted by Gasteiger charge is 2.33. The van der Waals surface area contributed by atoms with E-state index in [9.17, 15) is 9.59 Å². The molecule has 1 aliphatic rings. The van der Waals surface area contributed by atoms with Gasteiger partial charge in [-0.3, -0.25) is 19.6 Å². The maximum Gasteiger partial charge on any atom is 0.378 e. The van der Waals surface area contributed by atoms with Crippen molar-refractivity contribution in [3.8, 4) is 0 Å². The van der Waals surface area contributed by atoms with E-state index in [0.717, 1.165) is 0 Å². The van der Waals surface area contributed by atoms with E-state index in [-0.39, 0.29) is 23.9 Å². The Labute approximate surface area is 141 Å². The topological polar surface area (TPSA) is 135 Å². The van der Waals surface area contributed by atoms with Crippen molar-refractivity contribution in [3.63, 3.8) is 0 Å². The smallest absolute Gasteiger partial charge is 0.378 e. The second-order valence-corrected chi connectivity index (χ2v) is 5.76. The van der Waals surface area contributed by atoms with Crippen LogP contribution in [-0.2, 0) is 11.8 Å². The van der Waals surface area contributed by atoms with E-state index in [1.54, 1.807) is 18.7 Å². The van der Waals surface area contributed by atoms with Gasteiger partial charge in [0.2, 0.25) is 5.95 Å². The summed E-state index contributed by atoms with van der Waals surface area (Å²) in [4.78, 5) is 37.0. The second kappa shape index (κ2) is 5.69. The molecule has 0 aliphatic carbocycles. The normalized spacial score (nSPS) is 14.7. The van der Waals surface area contributed by atoms with Crippen molar-refractivity contribution in [2.75, 3.05) is 24.6 Å². The molecule has 0 atom stereocenters. The molecular formula is C14H16N8O3. The number of hydrogen-bond acceptors (Lipinski definition) is 8. The van der Waals surface area contributed by atoms with Crippen LogP contribution in [0.4, 0.5) is 5.95 Å². The fraction of sp³-hybridized carbons (Fsp3) is 0.429. The van der Waals surface area contributed by atoms with Crippen molar-refractivity contribution in [1.29, 1.82) is 0 Å². The number of esters is 1. The van der Waals surface area contributed by atoms with Crippen LogP contribution in [0.3, 0.4) is 0 Å². The number of carbonyl (C=O) groups is 1. The highest BCUT2D eigenvalue weighted by Crippen LogP contribution is 2.27. The van der Waals surface area contributed by atoms with Crippen molar-refractivity contribution in [2.45, 2.75) is 12.8 Å². The molecule has 0 unspecified atom stereocenters. The van der Waals surface area contributed by atoms with Gasteiger partial charge in [-0.1, -0.05) is 0 Å². The Bertz CT molecular complexity index is 997. The first kappa shape index (κ1) is 15.3. The first-order valence-electron chi connectivity index (χ1n) is 7.83. The molecule has 4 rings (SSSR count). The summed E-state index contributed by atoms with van der Waals surface area (Å²) in [5.41, 5.74) is 0.312. The van der Waals surface area contributed by atoms with Gasteiger partial charge in [-0.2, -0.15) is 10.1 Å². The molecular weight excluding hydrogens is 328 g/mol. The largest absolute Gasteiger partial charge is 0.460 e. The molecule has 1 aliphatic heterocycles. The van der Waals surface area contributed by atoms with Gasteiger partial charge in [-0.05, 0) is 6.92 Å². The third kappa shape index (κ3) is 2.53. The van der Waals surface area contributed by atoms with Crippen LogP contribution in [0.25, 0.3) is 11.0 Å². The van der Waals surface area contributed by atoms with Crippen molar-refractivity contribution in [1.82, 2.24) is 34.9 Å². The molecule has 130 valence electrons.